The third-order valence-electron chi connectivity index (χ3n) is 1.11. The molecule has 0 aliphatic carbocycles. The highest BCUT2D eigenvalue weighted by atomic mass is 19.3. The first-order valence-electron chi connectivity index (χ1n) is 2.65. The van der Waals surface area contributed by atoms with Crippen molar-refractivity contribution in [2.45, 2.75) is 24.4 Å². The van der Waals surface area contributed by atoms with E-state index in [2.05, 4.69) is 0 Å². The normalized spacial score (nSPS) is 16.8. The Balaban J connectivity index is 4.75. The van der Waals surface area contributed by atoms with Gasteiger partial charge in [0.25, 0.3) is 0 Å². The molecule has 0 nitrogen and oxygen atoms in total. The van der Waals surface area contributed by atoms with Crippen molar-refractivity contribution in [3.05, 3.63) is 6.92 Å². The minimum atomic E-state index is -5.69. The molecule has 0 aromatic rings. The Kier molecular flexibility index (Phi) is 2.97. The van der Waals surface area contributed by atoms with Gasteiger partial charge in [0, 0.05) is 0 Å². The zero-order valence-electron chi connectivity index (χ0n) is 5.51. The van der Waals surface area contributed by atoms with Crippen LogP contribution in [0.2, 0.25) is 0 Å². The first-order chi connectivity index (χ1) is 5.14. The van der Waals surface area contributed by atoms with E-state index in [4.69, 9.17) is 0 Å². The van der Waals surface area contributed by atoms with Crippen molar-refractivity contribution in [3.63, 3.8) is 0 Å². The van der Waals surface area contributed by atoms with Gasteiger partial charge in [-0.3, -0.25) is 0 Å². The Morgan fingerprint density at radius 3 is 1.25 bits per heavy atom. The maximum Gasteiger partial charge on any atom is 0.372 e. The highest BCUT2D eigenvalue weighted by Crippen LogP contribution is 2.42. The highest BCUT2D eigenvalue weighted by molar-refractivity contribution is 4.93. The van der Waals surface area contributed by atoms with Crippen molar-refractivity contribution in [1.82, 2.24) is 0 Å². The van der Waals surface area contributed by atoms with E-state index in [-0.39, 0.29) is 0 Å². The molecule has 0 amide bonds. The van der Waals surface area contributed by atoms with Crippen LogP contribution in [0.5, 0.6) is 0 Å². The van der Waals surface area contributed by atoms with Crippen LogP contribution in [0.4, 0.5) is 30.7 Å². The van der Waals surface area contributed by atoms with Gasteiger partial charge in [0.1, 0.15) is 0 Å². The summed E-state index contributed by atoms with van der Waals surface area (Å²) in [5.74, 6) is -11.1. The molecule has 0 saturated heterocycles. The van der Waals surface area contributed by atoms with E-state index in [0.29, 0.717) is 0 Å². The van der Waals surface area contributed by atoms with Crippen LogP contribution in [0.1, 0.15) is 0 Å². The molecule has 0 aromatic heterocycles. The molecule has 0 rings (SSSR count). The van der Waals surface area contributed by atoms with Crippen molar-refractivity contribution in [2.75, 3.05) is 0 Å². The van der Waals surface area contributed by atoms with Crippen LogP contribution in [0, 0.1) is 6.92 Å². The summed E-state index contributed by atoms with van der Waals surface area (Å²) in [6, 6.07) is 0. The van der Waals surface area contributed by atoms with E-state index in [1.165, 1.54) is 0 Å². The van der Waals surface area contributed by atoms with Crippen molar-refractivity contribution in [3.8, 4) is 0 Å². The molecule has 1 atom stereocenters. The molecule has 0 bridgehead atoms. The molecular formula is C5H4F7. The molecule has 7 heteroatoms. The molecule has 0 heterocycles. The lowest BCUT2D eigenvalue weighted by atomic mass is 10.1. The standard InChI is InChI=1S/C5H4F7/c1-2(6)4(9,10)5(11,12)3(7)8/h2-3H,1H2. The van der Waals surface area contributed by atoms with Crippen LogP contribution < -0.4 is 0 Å². The lowest BCUT2D eigenvalue weighted by Crippen LogP contribution is -2.51. The van der Waals surface area contributed by atoms with Gasteiger partial charge in [0.05, 0.1) is 0 Å². The average Bonchev–Trinajstić information content (AvgIpc) is 1.86. The summed E-state index contributed by atoms with van der Waals surface area (Å²) in [4.78, 5) is 0. The lowest BCUT2D eigenvalue weighted by Gasteiger charge is -2.26. The fraction of sp³-hybridized carbons (Fsp3) is 0.800. The summed E-state index contributed by atoms with van der Waals surface area (Å²) in [6.45, 7) is 1.93. The minimum absolute atomic E-state index is 1.93. The van der Waals surface area contributed by atoms with Gasteiger partial charge < -0.3 is 0 Å². The molecule has 0 saturated carbocycles. The molecule has 73 valence electrons. The number of rotatable bonds is 3. The smallest absolute Gasteiger partial charge is 0.241 e. The van der Waals surface area contributed by atoms with Gasteiger partial charge in [-0.05, 0) is 6.92 Å². The predicted octanol–water partition coefficient (Wildman–Crippen LogP) is 2.69. The third-order valence-corrected chi connectivity index (χ3v) is 1.11. The molecule has 0 aliphatic rings. The molecule has 0 spiro atoms. The largest absolute Gasteiger partial charge is 0.372 e. The molecule has 1 unspecified atom stereocenters. The van der Waals surface area contributed by atoms with Gasteiger partial charge in [0.15, 0.2) is 6.17 Å². The minimum Gasteiger partial charge on any atom is -0.241 e. The molecule has 0 aromatic carbocycles. The second-order valence-corrected chi connectivity index (χ2v) is 2.01. The van der Waals surface area contributed by atoms with Gasteiger partial charge >= 0.3 is 18.3 Å². The van der Waals surface area contributed by atoms with Crippen molar-refractivity contribution >= 4 is 0 Å². The number of halogens is 7. The fourth-order valence-electron chi connectivity index (χ4n) is 0.354. The summed E-state index contributed by atoms with van der Waals surface area (Å²) >= 11 is 0. The summed E-state index contributed by atoms with van der Waals surface area (Å²) in [5.41, 5.74) is 0. The summed E-state index contributed by atoms with van der Waals surface area (Å²) in [5, 5.41) is 0. The van der Waals surface area contributed by atoms with Crippen molar-refractivity contribution in [1.29, 1.82) is 0 Å². The van der Waals surface area contributed by atoms with E-state index in [9.17, 15) is 30.7 Å². The highest BCUT2D eigenvalue weighted by Gasteiger charge is 2.66. The Morgan fingerprint density at radius 1 is 0.833 bits per heavy atom. The van der Waals surface area contributed by atoms with Crippen LogP contribution >= 0.6 is 0 Å². The monoisotopic (exact) mass is 197 g/mol. The van der Waals surface area contributed by atoms with Gasteiger partial charge in [-0.25, -0.2) is 13.2 Å². The molecule has 12 heavy (non-hydrogen) atoms. The topological polar surface area (TPSA) is 0 Å². The van der Waals surface area contributed by atoms with Gasteiger partial charge in [-0.1, -0.05) is 0 Å². The van der Waals surface area contributed by atoms with Crippen LogP contribution in [0.3, 0.4) is 0 Å². The quantitative estimate of drug-likeness (QED) is 0.610. The van der Waals surface area contributed by atoms with E-state index in [1.54, 1.807) is 0 Å². The summed E-state index contributed by atoms with van der Waals surface area (Å²) < 4.78 is 81.6. The van der Waals surface area contributed by atoms with Crippen LogP contribution in [-0.4, -0.2) is 24.4 Å². The van der Waals surface area contributed by atoms with E-state index in [1.807, 2.05) is 6.92 Å². The van der Waals surface area contributed by atoms with Crippen molar-refractivity contribution < 1.29 is 30.7 Å². The van der Waals surface area contributed by atoms with Crippen LogP contribution in [-0.2, 0) is 0 Å². The van der Waals surface area contributed by atoms with Gasteiger partial charge in [-0.15, -0.1) is 0 Å². The van der Waals surface area contributed by atoms with Crippen LogP contribution in [0.15, 0.2) is 0 Å². The Labute approximate surface area is 63.4 Å². The molecule has 1 radical (unpaired) electrons. The fourth-order valence-corrected chi connectivity index (χ4v) is 0.354. The first-order valence-corrected chi connectivity index (χ1v) is 2.65. The third kappa shape index (κ3) is 1.64. The second kappa shape index (κ2) is 3.10. The zero-order valence-corrected chi connectivity index (χ0v) is 5.51. The second-order valence-electron chi connectivity index (χ2n) is 2.01. The van der Waals surface area contributed by atoms with Gasteiger partial charge in [-0.2, -0.15) is 17.6 Å². The lowest BCUT2D eigenvalue weighted by molar-refractivity contribution is -0.279. The Bertz CT molecular complexity index is 132. The van der Waals surface area contributed by atoms with Crippen molar-refractivity contribution in [2.24, 2.45) is 0 Å². The average molecular weight is 197 g/mol. The van der Waals surface area contributed by atoms with Gasteiger partial charge in [0.2, 0.25) is 0 Å². The molecular weight excluding hydrogens is 193 g/mol. The molecule has 0 aliphatic heterocycles. The maximum atomic E-state index is 11.9. The molecule has 0 fully saturated rings. The number of hydrogen-bond acceptors (Lipinski definition) is 0. The Morgan fingerprint density at radius 2 is 1.17 bits per heavy atom. The zero-order chi connectivity index (χ0) is 10.2. The number of alkyl halides is 7. The summed E-state index contributed by atoms with van der Waals surface area (Å²) in [6.07, 6.45) is -8.19. The van der Waals surface area contributed by atoms with E-state index in [0.717, 1.165) is 0 Å². The first kappa shape index (κ1) is 11.5. The molecule has 0 N–H and O–H groups in total. The predicted molar refractivity (Wildman–Crippen MR) is 26.2 cm³/mol. The maximum absolute atomic E-state index is 11.9. The SMILES string of the molecule is [CH2]C(F)C(F)(F)C(F)(F)C(F)F. The van der Waals surface area contributed by atoms with E-state index >= 15 is 0 Å². The summed E-state index contributed by atoms with van der Waals surface area (Å²) in [7, 11) is 0. The Hall–Kier alpha value is -0.490. The van der Waals surface area contributed by atoms with Crippen LogP contribution in [0.25, 0.3) is 0 Å². The van der Waals surface area contributed by atoms with E-state index < -0.39 is 24.4 Å². The number of hydrogen-bond donors (Lipinski definition) is 0.